The van der Waals surface area contributed by atoms with Gasteiger partial charge in [-0.1, -0.05) is 36.8 Å². The molecule has 0 heterocycles. The van der Waals surface area contributed by atoms with E-state index in [9.17, 15) is 8.42 Å². The van der Waals surface area contributed by atoms with Gasteiger partial charge in [0.25, 0.3) is 0 Å². The molecule has 1 unspecified atom stereocenters. The van der Waals surface area contributed by atoms with Gasteiger partial charge in [-0.15, -0.1) is 0 Å². The minimum absolute atomic E-state index is 0.167. The van der Waals surface area contributed by atoms with Crippen molar-refractivity contribution < 1.29 is 8.42 Å². The Bertz CT molecular complexity index is 483. The van der Waals surface area contributed by atoms with Crippen LogP contribution in [0.5, 0.6) is 0 Å². The van der Waals surface area contributed by atoms with Gasteiger partial charge in [0, 0.05) is 6.04 Å². The van der Waals surface area contributed by atoms with Crippen molar-refractivity contribution in [1.82, 2.24) is 10.0 Å². The molecule has 0 radical (unpaired) electrons. The average Bonchev–Trinajstić information content (AvgIpc) is 2.38. The molecule has 1 aromatic carbocycles. The van der Waals surface area contributed by atoms with Crippen LogP contribution in [0.15, 0.2) is 24.3 Å². The average molecular weight is 298 g/mol. The first-order valence-corrected chi connectivity index (χ1v) is 8.87. The van der Waals surface area contributed by atoms with E-state index in [-0.39, 0.29) is 11.8 Å². The molecule has 0 fully saturated rings. The standard InChI is InChI=1S/C15H26N2O2S/c1-4-10-16-11-5-12-20(18,19)17-14(3)15-8-6-13(2)7-9-15/h6-9,14,16-17H,4-5,10-12H2,1-3H3. The Hall–Kier alpha value is -0.910. The highest BCUT2D eigenvalue weighted by Crippen LogP contribution is 2.14. The zero-order valence-corrected chi connectivity index (χ0v) is 13.5. The predicted octanol–water partition coefficient (Wildman–Crippen LogP) is 2.37. The SMILES string of the molecule is CCCNCCCS(=O)(=O)NC(C)c1ccc(C)cc1. The van der Waals surface area contributed by atoms with Gasteiger partial charge >= 0.3 is 0 Å². The number of benzene rings is 1. The van der Waals surface area contributed by atoms with E-state index in [1.807, 2.05) is 38.1 Å². The van der Waals surface area contributed by atoms with Crippen LogP contribution in [0.4, 0.5) is 0 Å². The summed E-state index contributed by atoms with van der Waals surface area (Å²) >= 11 is 0. The van der Waals surface area contributed by atoms with Crippen LogP contribution in [0.3, 0.4) is 0 Å². The maximum Gasteiger partial charge on any atom is 0.212 e. The molecular formula is C15H26N2O2S. The predicted molar refractivity (Wildman–Crippen MR) is 84.3 cm³/mol. The van der Waals surface area contributed by atoms with Crippen LogP contribution >= 0.6 is 0 Å². The Labute approximate surface area is 123 Å². The largest absolute Gasteiger partial charge is 0.317 e. The summed E-state index contributed by atoms with van der Waals surface area (Å²) in [4.78, 5) is 0. The summed E-state index contributed by atoms with van der Waals surface area (Å²) < 4.78 is 26.7. The van der Waals surface area contributed by atoms with Crippen LogP contribution in [-0.4, -0.2) is 27.3 Å². The van der Waals surface area contributed by atoms with Gasteiger partial charge in [-0.3, -0.25) is 0 Å². The zero-order chi connectivity index (χ0) is 15.0. The Morgan fingerprint density at radius 2 is 1.80 bits per heavy atom. The first-order valence-electron chi connectivity index (χ1n) is 7.22. The fourth-order valence-electron chi connectivity index (χ4n) is 1.94. The van der Waals surface area contributed by atoms with E-state index in [0.717, 1.165) is 25.1 Å². The van der Waals surface area contributed by atoms with Gasteiger partial charge in [-0.25, -0.2) is 13.1 Å². The highest BCUT2D eigenvalue weighted by Gasteiger charge is 2.15. The number of aryl methyl sites for hydroxylation is 1. The van der Waals surface area contributed by atoms with Crippen molar-refractivity contribution in [2.75, 3.05) is 18.8 Å². The first-order chi connectivity index (χ1) is 9.44. The van der Waals surface area contributed by atoms with Crippen LogP contribution in [0.2, 0.25) is 0 Å². The molecule has 2 N–H and O–H groups in total. The Kier molecular flexibility index (Phi) is 7.19. The Morgan fingerprint density at radius 1 is 1.15 bits per heavy atom. The van der Waals surface area contributed by atoms with Crippen LogP contribution < -0.4 is 10.0 Å². The van der Waals surface area contributed by atoms with E-state index in [0.29, 0.717) is 6.42 Å². The van der Waals surface area contributed by atoms with Gasteiger partial charge in [0.15, 0.2) is 0 Å². The maximum absolute atomic E-state index is 12.0. The summed E-state index contributed by atoms with van der Waals surface area (Å²) in [6.45, 7) is 7.66. The lowest BCUT2D eigenvalue weighted by atomic mass is 10.1. The van der Waals surface area contributed by atoms with Crippen molar-refractivity contribution in [1.29, 1.82) is 0 Å². The van der Waals surface area contributed by atoms with E-state index >= 15 is 0 Å². The molecule has 0 aliphatic rings. The second-order valence-electron chi connectivity index (χ2n) is 5.17. The number of nitrogens with one attached hydrogen (secondary N) is 2. The van der Waals surface area contributed by atoms with E-state index in [2.05, 4.69) is 17.0 Å². The monoisotopic (exact) mass is 298 g/mol. The molecule has 114 valence electrons. The van der Waals surface area contributed by atoms with E-state index in [1.54, 1.807) is 0 Å². The molecule has 0 aromatic heterocycles. The smallest absolute Gasteiger partial charge is 0.212 e. The second kappa shape index (κ2) is 8.39. The summed E-state index contributed by atoms with van der Waals surface area (Å²) in [7, 11) is -3.22. The van der Waals surface area contributed by atoms with Crippen molar-refractivity contribution in [2.45, 2.75) is 39.7 Å². The second-order valence-corrected chi connectivity index (χ2v) is 7.05. The van der Waals surface area contributed by atoms with Gasteiger partial charge in [0.2, 0.25) is 10.0 Å². The van der Waals surface area contributed by atoms with Crippen molar-refractivity contribution in [3.63, 3.8) is 0 Å². The highest BCUT2D eigenvalue weighted by molar-refractivity contribution is 7.89. The molecule has 0 bridgehead atoms. The third-order valence-corrected chi connectivity index (χ3v) is 4.67. The van der Waals surface area contributed by atoms with Crippen LogP contribution in [0.1, 0.15) is 43.9 Å². The van der Waals surface area contributed by atoms with Gasteiger partial charge < -0.3 is 5.32 Å². The van der Waals surface area contributed by atoms with Crippen LogP contribution in [0, 0.1) is 6.92 Å². The lowest BCUT2D eigenvalue weighted by Crippen LogP contribution is -2.30. The number of hydrogen-bond donors (Lipinski definition) is 2. The molecule has 0 aliphatic heterocycles. The fraction of sp³-hybridized carbons (Fsp3) is 0.600. The van der Waals surface area contributed by atoms with E-state index < -0.39 is 10.0 Å². The van der Waals surface area contributed by atoms with Crippen LogP contribution in [-0.2, 0) is 10.0 Å². The summed E-state index contributed by atoms with van der Waals surface area (Å²) in [5, 5.41) is 3.21. The molecule has 4 nitrogen and oxygen atoms in total. The van der Waals surface area contributed by atoms with E-state index in [1.165, 1.54) is 5.56 Å². The summed E-state index contributed by atoms with van der Waals surface area (Å²) in [6.07, 6.45) is 1.70. The van der Waals surface area contributed by atoms with Crippen LogP contribution in [0.25, 0.3) is 0 Å². The van der Waals surface area contributed by atoms with Gasteiger partial charge in [0.05, 0.1) is 5.75 Å². The molecule has 20 heavy (non-hydrogen) atoms. The number of sulfonamides is 1. The topological polar surface area (TPSA) is 58.2 Å². The Morgan fingerprint density at radius 3 is 2.40 bits per heavy atom. The van der Waals surface area contributed by atoms with Crippen molar-refractivity contribution >= 4 is 10.0 Å². The number of rotatable bonds is 9. The maximum atomic E-state index is 12.0. The van der Waals surface area contributed by atoms with E-state index in [4.69, 9.17) is 0 Å². The molecule has 5 heteroatoms. The Balaban J connectivity index is 2.43. The third kappa shape index (κ3) is 6.50. The summed E-state index contributed by atoms with van der Waals surface area (Å²) in [5.41, 5.74) is 2.16. The fourth-order valence-corrected chi connectivity index (χ4v) is 3.26. The molecule has 0 amide bonds. The van der Waals surface area contributed by atoms with Gasteiger partial charge in [-0.2, -0.15) is 0 Å². The quantitative estimate of drug-likeness (QED) is 0.688. The normalized spacial score (nSPS) is 13.3. The molecule has 1 aromatic rings. The third-order valence-electron chi connectivity index (χ3n) is 3.13. The lowest BCUT2D eigenvalue weighted by molar-refractivity contribution is 0.561. The minimum Gasteiger partial charge on any atom is -0.317 e. The van der Waals surface area contributed by atoms with Crippen molar-refractivity contribution in [3.8, 4) is 0 Å². The van der Waals surface area contributed by atoms with Gasteiger partial charge in [-0.05, 0) is 45.3 Å². The molecule has 0 aliphatic carbocycles. The molecule has 0 saturated heterocycles. The zero-order valence-electron chi connectivity index (χ0n) is 12.6. The molecule has 0 saturated carbocycles. The molecule has 1 rings (SSSR count). The summed E-state index contributed by atoms with van der Waals surface area (Å²) in [6, 6.07) is 7.73. The van der Waals surface area contributed by atoms with Gasteiger partial charge in [0.1, 0.15) is 0 Å². The molecule has 1 atom stereocenters. The van der Waals surface area contributed by atoms with Crippen molar-refractivity contribution in [2.24, 2.45) is 0 Å². The highest BCUT2D eigenvalue weighted by atomic mass is 32.2. The van der Waals surface area contributed by atoms with Crippen molar-refractivity contribution in [3.05, 3.63) is 35.4 Å². The molecule has 0 spiro atoms. The number of hydrogen-bond acceptors (Lipinski definition) is 3. The lowest BCUT2D eigenvalue weighted by Gasteiger charge is -2.15. The minimum atomic E-state index is -3.22. The summed E-state index contributed by atoms with van der Waals surface area (Å²) in [5.74, 6) is 0.167. The first kappa shape index (κ1) is 17.1. The molecular weight excluding hydrogens is 272 g/mol.